The molecule has 0 saturated carbocycles. The van der Waals surface area contributed by atoms with Crippen LogP contribution in [0.1, 0.15) is 27.0 Å². The maximum Gasteiger partial charge on any atom is 0.336 e. The summed E-state index contributed by atoms with van der Waals surface area (Å²) in [5, 5.41) is 2.91. The van der Waals surface area contributed by atoms with Gasteiger partial charge in [0.15, 0.2) is 11.5 Å². The Morgan fingerprint density at radius 3 is 2.25 bits per heavy atom. The number of methoxy groups -OCH3 is 2. The maximum absolute atomic E-state index is 12.5. The number of nitrogens with one attached hydrogen (secondary N) is 1. The first kappa shape index (κ1) is 22.6. The smallest absolute Gasteiger partial charge is 0.336 e. The molecule has 0 aliphatic carbocycles. The number of rotatable bonds is 7. The molecule has 32 heavy (non-hydrogen) atoms. The van der Waals surface area contributed by atoms with Crippen molar-refractivity contribution in [2.24, 2.45) is 0 Å². The minimum Gasteiger partial charge on any atom is -0.493 e. The van der Waals surface area contributed by atoms with Gasteiger partial charge in [0.25, 0.3) is 5.91 Å². The lowest BCUT2D eigenvalue weighted by atomic mass is 10.1. The number of hydrogen-bond acceptors (Lipinski definition) is 5. The third-order valence-electron chi connectivity index (χ3n) is 4.80. The monoisotopic (exact) mass is 431 g/mol. The highest BCUT2D eigenvalue weighted by atomic mass is 16.5. The van der Waals surface area contributed by atoms with Crippen LogP contribution in [-0.2, 0) is 4.79 Å². The number of ether oxygens (including phenoxy) is 3. The highest BCUT2D eigenvalue weighted by Gasteiger charge is 2.09. The molecule has 0 unspecified atom stereocenters. The van der Waals surface area contributed by atoms with Crippen molar-refractivity contribution in [2.75, 3.05) is 19.5 Å². The average molecular weight is 431 g/mol. The van der Waals surface area contributed by atoms with Crippen molar-refractivity contribution in [1.82, 2.24) is 0 Å². The van der Waals surface area contributed by atoms with Crippen LogP contribution in [-0.4, -0.2) is 26.1 Å². The molecule has 0 aliphatic rings. The molecule has 164 valence electrons. The largest absolute Gasteiger partial charge is 0.493 e. The van der Waals surface area contributed by atoms with E-state index >= 15 is 0 Å². The van der Waals surface area contributed by atoms with Crippen molar-refractivity contribution in [3.8, 4) is 17.2 Å². The molecule has 0 bridgehead atoms. The quantitative estimate of drug-likeness (QED) is 0.317. The summed E-state index contributed by atoms with van der Waals surface area (Å²) in [5.74, 6) is 0.749. The number of carbonyl (C=O) groups is 2. The fourth-order valence-corrected chi connectivity index (χ4v) is 3.01. The van der Waals surface area contributed by atoms with Crippen LogP contribution in [0.2, 0.25) is 0 Å². The number of aryl methyl sites for hydroxylation is 2. The van der Waals surface area contributed by atoms with Crippen LogP contribution in [0, 0.1) is 13.8 Å². The molecule has 0 saturated heterocycles. The second kappa shape index (κ2) is 10.3. The lowest BCUT2D eigenvalue weighted by Gasteiger charge is -2.10. The van der Waals surface area contributed by atoms with Gasteiger partial charge in [-0.1, -0.05) is 18.2 Å². The van der Waals surface area contributed by atoms with E-state index in [1.54, 1.807) is 62.8 Å². The number of amides is 1. The Balaban J connectivity index is 1.61. The van der Waals surface area contributed by atoms with E-state index in [2.05, 4.69) is 5.32 Å². The van der Waals surface area contributed by atoms with Crippen LogP contribution < -0.4 is 19.5 Å². The zero-order valence-corrected chi connectivity index (χ0v) is 18.5. The van der Waals surface area contributed by atoms with Crippen molar-refractivity contribution >= 4 is 23.6 Å². The van der Waals surface area contributed by atoms with Crippen LogP contribution >= 0.6 is 0 Å². The maximum atomic E-state index is 12.5. The van der Waals surface area contributed by atoms with E-state index in [9.17, 15) is 9.59 Å². The van der Waals surface area contributed by atoms with E-state index in [1.807, 2.05) is 32.0 Å². The van der Waals surface area contributed by atoms with E-state index in [1.165, 1.54) is 6.08 Å². The van der Waals surface area contributed by atoms with Gasteiger partial charge in [0.1, 0.15) is 5.75 Å². The van der Waals surface area contributed by atoms with Gasteiger partial charge in [-0.15, -0.1) is 0 Å². The zero-order valence-electron chi connectivity index (χ0n) is 18.5. The summed E-state index contributed by atoms with van der Waals surface area (Å²) in [6.45, 7) is 3.91. The van der Waals surface area contributed by atoms with E-state index in [-0.39, 0.29) is 5.91 Å². The van der Waals surface area contributed by atoms with E-state index in [0.717, 1.165) is 22.4 Å². The second-order valence-electron chi connectivity index (χ2n) is 7.17. The molecule has 6 heteroatoms. The highest BCUT2D eigenvalue weighted by molar-refractivity contribution is 6.04. The summed E-state index contributed by atoms with van der Waals surface area (Å²) < 4.78 is 15.8. The number of anilines is 1. The lowest BCUT2D eigenvalue weighted by molar-refractivity contribution is -0.128. The molecule has 0 aliphatic heterocycles. The molecule has 6 nitrogen and oxygen atoms in total. The molecular formula is C26H25NO5. The summed E-state index contributed by atoms with van der Waals surface area (Å²) in [4.78, 5) is 24.7. The molecule has 0 fully saturated rings. The van der Waals surface area contributed by atoms with Gasteiger partial charge in [-0.3, -0.25) is 4.79 Å². The predicted molar refractivity (Wildman–Crippen MR) is 125 cm³/mol. The number of hydrogen-bond donors (Lipinski definition) is 1. The average Bonchev–Trinajstić information content (AvgIpc) is 2.80. The molecule has 1 amide bonds. The Morgan fingerprint density at radius 1 is 0.844 bits per heavy atom. The summed E-state index contributed by atoms with van der Waals surface area (Å²) in [6.07, 6.45) is 2.94. The molecule has 0 spiro atoms. The van der Waals surface area contributed by atoms with Crippen molar-refractivity contribution in [3.63, 3.8) is 0 Å². The molecule has 0 atom stereocenters. The first-order valence-electron chi connectivity index (χ1n) is 10.00. The summed E-state index contributed by atoms with van der Waals surface area (Å²) >= 11 is 0. The molecular weight excluding hydrogens is 406 g/mol. The zero-order chi connectivity index (χ0) is 23.1. The van der Waals surface area contributed by atoms with Gasteiger partial charge < -0.3 is 19.5 Å². The van der Waals surface area contributed by atoms with Crippen LogP contribution in [0.3, 0.4) is 0 Å². The predicted octanol–water partition coefficient (Wildman–Crippen LogP) is 5.19. The van der Waals surface area contributed by atoms with Crippen molar-refractivity contribution in [2.45, 2.75) is 13.8 Å². The molecule has 0 radical (unpaired) electrons. The van der Waals surface area contributed by atoms with Crippen LogP contribution in [0.4, 0.5) is 5.69 Å². The topological polar surface area (TPSA) is 73.9 Å². The Labute approximate surface area is 187 Å². The SMILES string of the molecule is COc1ccc(/C=C/C(=O)Oc2ccc(C(=O)Nc3cc(C)ccc3C)cc2)cc1OC. The summed E-state index contributed by atoms with van der Waals surface area (Å²) in [6, 6.07) is 17.6. The van der Waals surface area contributed by atoms with Gasteiger partial charge in [0.05, 0.1) is 14.2 Å². The Hall–Kier alpha value is -4.06. The normalized spacial score (nSPS) is 10.6. The number of benzene rings is 3. The van der Waals surface area contributed by atoms with Crippen LogP contribution in [0.15, 0.2) is 66.7 Å². The van der Waals surface area contributed by atoms with Crippen LogP contribution in [0.5, 0.6) is 17.2 Å². The van der Waals surface area contributed by atoms with Gasteiger partial charge in [-0.05, 0) is 79.1 Å². The Bertz CT molecular complexity index is 1150. The van der Waals surface area contributed by atoms with Gasteiger partial charge in [-0.2, -0.15) is 0 Å². The highest BCUT2D eigenvalue weighted by Crippen LogP contribution is 2.28. The van der Waals surface area contributed by atoms with Crippen molar-refractivity contribution < 1.29 is 23.8 Å². The molecule has 3 aromatic rings. The number of carbonyl (C=O) groups excluding carboxylic acids is 2. The third kappa shape index (κ3) is 5.76. The first-order chi connectivity index (χ1) is 15.4. The minimum atomic E-state index is -0.535. The first-order valence-corrected chi connectivity index (χ1v) is 10.00. The van der Waals surface area contributed by atoms with Crippen molar-refractivity contribution in [1.29, 1.82) is 0 Å². The standard InChI is InChI=1S/C26H25NO5/c1-17-5-6-18(2)22(15-17)27-26(29)20-9-11-21(12-10-20)32-25(28)14-8-19-7-13-23(30-3)24(16-19)31-4/h5-16H,1-4H3,(H,27,29)/b14-8+. The fraction of sp³-hybridized carbons (Fsp3) is 0.154. The Morgan fingerprint density at radius 2 is 1.56 bits per heavy atom. The summed E-state index contributed by atoms with van der Waals surface area (Å²) in [5.41, 5.74) is 4.04. The lowest BCUT2D eigenvalue weighted by Crippen LogP contribution is -2.13. The fourth-order valence-electron chi connectivity index (χ4n) is 3.01. The van der Waals surface area contributed by atoms with Gasteiger partial charge in [0.2, 0.25) is 0 Å². The van der Waals surface area contributed by atoms with E-state index < -0.39 is 5.97 Å². The second-order valence-corrected chi connectivity index (χ2v) is 7.17. The Kier molecular flexibility index (Phi) is 7.29. The molecule has 0 aromatic heterocycles. The molecule has 3 aromatic carbocycles. The van der Waals surface area contributed by atoms with E-state index in [0.29, 0.717) is 22.8 Å². The molecule has 0 heterocycles. The van der Waals surface area contributed by atoms with Gasteiger partial charge in [-0.25, -0.2) is 4.79 Å². The van der Waals surface area contributed by atoms with Crippen molar-refractivity contribution in [3.05, 3.63) is 89.0 Å². The van der Waals surface area contributed by atoms with E-state index in [4.69, 9.17) is 14.2 Å². The molecule has 3 rings (SSSR count). The minimum absolute atomic E-state index is 0.232. The third-order valence-corrected chi connectivity index (χ3v) is 4.80. The van der Waals surface area contributed by atoms with Gasteiger partial charge in [0, 0.05) is 17.3 Å². The van der Waals surface area contributed by atoms with Crippen LogP contribution in [0.25, 0.3) is 6.08 Å². The van der Waals surface area contributed by atoms with Gasteiger partial charge >= 0.3 is 5.97 Å². The summed E-state index contributed by atoms with van der Waals surface area (Å²) in [7, 11) is 3.11. The number of esters is 1. The molecule has 1 N–H and O–H groups in total.